The molecule has 68 valence electrons. The molecule has 0 aliphatic heterocycles. The third-order valence-electron chi connectivity index (χ3n) is 1.49. The van der Waals surface area contributed by atoms with E-state index in [1.54, 1.807) is 7.05 Å². The van der Waals surface area contributed by atoms with Crippen LogP contribution in [-0.2, 0) is 4.79 Å². The lowest BCUT2D eigenvalue weighted by Gasteiger charge is -2.01. The number of carbonyl (C=O) groups excluding carboxylic acids is 1. The minimum atomic E-state index is 0.0203. The highest BCUT2D eigenvalue weighted by Gasteiger charge is 1.94. The van der Waals surface area contributed by atoms with Gasteiger partial charge in [-0.25, -0.2) is 0 Å². The summed E-state index contributed by atoms with van der Waals surface area (Å²) in [6.45, 7) is 1.25. The van der Waals surface area contributed by atoms with E-state index in [0.29, 0.717) is 6.54 Å². The van der Waals surface area contributed by atoms with Crippen LogP contribution in [0.15, 0.2) is 0 Å². The zero-order valence-electron chi connectivity index (χ0n) is 7.52. The number of hydrogen-bond acceptors (Lipinski definition) is 2. The predicted molar refractivity (Wildman–Crippen MR) is 49.6 cm³/mol. The summed E-state index contributed by atoms with van der Waals surface area (Å²) < 4.78 is 0. The fourth-order valence-corrected chi connectivity index (χ4v) is 0.767. The number of unbranched alkanes of at least 4 members (excludes halogenated alkanes) is 2. The van der Waals surface area contributed by atoms with Crippen LogP contribution >= 0.6 is 0 Å². The highest BCUT2D eigenvalue weighted by atomic mass is 16.1. The number of nitrogens with one attached hydrogen (secondary N) is 2. The van der Waals surface area contributed by atoms with Gasteiger partial charge in [0.25, 0.3) is 0 Å². The van der Waals surface area contributed by atoms with Crippen molar-refractivity contribution in [2.75, 3.05) is 20.1 Å². The second kappa shape index (κ2) is 8.09. The number of carbonyl (C=O) groups is 1. The van der Waals surface area contributed by atoms with Gasteiger partial charge in [0, 0.05) is 13.5 Å². The monoisotopic (exact) mass is 168 g/mol. The quantitative estimate of drug-likeness (QED) is 0.437. The number of terminal acetylenes is 1. The molecule has 0 aliphatic rings. The molecule has 0 aromatic heterocycles. The van der Waals surface area contributed by atoms with Gasteiger partial charge in [0.05, 0.1) is 6.54 Å². The molecule has 0 atom stereocenters. The Labute approximate surface area is 73.9 Å². The summed E-state index contributed by atoms with van der Waals surface area (Å²) in [6.07, 6.45) is 7.95. The summed E-state index contributed by atoms with van der Waals surface area (Å²) in [5, 5.41) is 5.55. The minimum absolute atomic E-state index is 0.0203. The summed E-state index contributed by atoms with van der Waals surface area (Å²) in [7, 11) is 1.63. The molecule has 0 aliphatic carbocycles. The van der Waals surface area contributed by atoms with Crippen LogP contribution in [0.3, 0.4) is 0 Å². The Morgan fingerprint density at radius 2 is 2.25 bits per heavy atom. The van der Waals surface area contributed by atoms with Crippen molar-refractivity contribution in [1.82, 2.24) is 10.6 Å². The van der Waals surface area contributed by atoms with Gasteiger partial charge in [-0.15, -0.1) is 12.3 Å². The number of rotatable bonds is 6. The van der Waals surface area contributed by atoms with Crippen molar-refractivity contribution in [2.24, 2.45) is 0 Å². The maximum Gasteiger partial charge on any atom is 0.233 e. The fourth-order valence-electron chi connectivity index (χ4n) is 0.767. The summed E-state index contributed by atoms with van der Waals surface area (Å²) >= 11 is 0. The molecule has 0 saturated carbocycles. The van der Waals surface area contributed by atoms with Crippen LogP contribution < -0.4 is 10.6 Å². The molecular weight excluding hydrogens is 152 g/mol. The first-order chi connectivity index (χ1) is 5.81. The van der Waals surface area contributed by atoms with Gasteiger partial charge in [0.1, 0.15) is 0 Å². The summed E-state index contributed by atoms with van der Waals surface area (Å²) in [6, 6.07) is 0. The van der Waals surface area contributed by atoms with Crippen LogP contribution in [0.4, 0.5) is 0 Å². The second-order valence-corrected chi connectivity index (χ2v) is 2.51. The molecular formula is C9H16N2O. The van der Waals surface area contributed by atoms with Crippen LogP contribution in [0.2, 0.25) is 0 Å². The average Bonchev–Trinajstić information content (AvgIpc) is 2.10. The molecule has 0 spiro atoms. The lowest BCUT2D eigenvalue weighted by Crippen LogP contribution is -2.31. The molecule has 0 aromatic carbocycles. The van der Waals surface area contributed by atoms with Crippen molar-refractivity contribution in [2.45, 2.75) is 19.3 Å². The van der Waals surface area contributed by atoms with Crippen molar-refractivity contribution >= 4 is 5.91 Å². The Bertz CT molecular complexity index is 160. The Morgan fingerprint density at radius 3 is 2.83 bits per heavy atom. The standard InChI is InChI=1S/C9H16N2O/c1-3-4-5-6-7-11-8-9(12)10-2/h1,11H,4-8H2,2H3,(H,10,12). The third kappa shape index (κ3) is 7.10. The highest BCUT2D eigenvalue weighted by molar-refractivity contribution is 5.77. The van der Waals surface area contributed by atoms with Gasteiger partial charge in [0.2, 0.25) is 5.91 Å². The van der Waals surface area contributed by atoms with E-state index in [4.69, 9.17) is 6.42 Å². The van der Waals surface area contributed by atoms with Crippen molar-refractivity contribution < 1.29 is 4.79 Å². The minimum Gasteiger partial charge on any atom is -0.358 e. The van der Waals surface area contributed by atoms with Crippen molar-refractivity contribution in [3.05, 3.63) is 0 Å². The van der Waals surface area contributed by atoms with Gasteiger partial charge < -0.3 is 10.6 Å². The number of hydrogen-bond donors (Lipinski definition) is 2. The molecule has 0 radical (unpaired) electrons. The Morgan fingerprint density at radius 1 is 1.50 bits per heavy atom. The number of amides is 1. The summed E-state index contributed by atoms with van der Waals surface area (Å²) in [5.74, 6) is 2.59. The number of likely N-dealkylation sites (N-methyl/N-ethyl adjacent to an activating group) is 1. The molecule has 0 heterocycles. The lowest BCUT2D eigenvalue weighted by atomic mass is 10.2. The molecule has 0 fully saturated rings. The first-order valence-electron chi connectivity index (χ1n) is 4.16. The lowest BCUT2D eigenvalue weighted by molar-refractivity contribution is -0.119. The maximum absolute atomic E-state index is 10.7. The van der Waals surface area contributed by atoms with Gasteiger partial charge in [-0.05, 0) is 19.4 Å². The average molecular weight is 168 g/mol. The van der Waals surface area contributed by atoms with E-state index >= 15 is 0 Å². The molecule has 12 heavy (non-hydrogen) atoms. The first-order valence-corrected chi connectivity index (χ1v) is 4.16. The van der Waals surface area contributed by atoms with E-state index in [1.807, 2.05) is 0 Å². The highest BCUT2D eigenvalue weighted by Crippen LogP contribution is 1.90. The summed E-state index contributed by atoms with van der Waals surface area (Å²) in [4.78, 5) is 10.7. The fraction of sp³-hybridized carbons (Fsp3) is 0.667. The van der Waals surface area contributed by atoms with E-state index in [-0.39, 0.29) is 5.91 Å². The maximum atomic E-state index is 10.7. The molecule has 3 heteroatoms. The molecule has 0 bridgehead atoms. The van der Waals surface area contributed by atoms with Gasteiger partial charge >= 0.3 is 0 Å². The topological polar surface area (TPSA) is 41.1 Å². The Balaban J connectivity index is 3.01. The molecule has 0 aromatic rings. The Kier molecular flexibility index (Phi) is 7.41. The zero-order chi connectivity index (χ0) is 9.23. The molecule has 0 rings (SSSR count). The Hall–Kier alpha value is -1.01. The molecule has 2 N–H and O–H groups in total. The van der Waals surface area contributed by atoms with E-state index in [2.05, 4.69) is 16.6 Å². The zero-order valence-corrected chi connectivity index (χ0v) is 7.52. The first kappa shape index (κ1) is 11.0. The van der Waals surface area contributed by atoms with E-state index in [9.17, 15) is 4.79 Å². The third-order valence-corrected chi connectivity index (χ3v) is 1.49. The van der Waals surface area contributed by atoms with Crippen LogP contribution in [0.1, 0.15) is 19.3 Å². The SMILES string of the molecule is C#CCCCCNCC(=O)NC. The largest absolute Gasteiger partial charge is 0.358 e. The second-order valence-electron chi connectivity index (χ2n) is 2.51. The van der Waals surface area contributed by atoms with E-state index in [0.717, 1.165) is 25.8 Å². The van der Waals surface area contributed by atoms with Gasteiger partial charge in [-0.1, -0.05) is 0 Å². The van der Waals surface area contributed by atoms with Gasteiger partial charge in [-0.3, -0.25) is 4.79 Å². The van der Waals surface area contributed by atoms with E-state index in [1.165, 1.54) is 0 Å². The molecule has 1 amide bonds. The van der Waals surface area contributed by atoms with Crippen LogP contribution in [0.25, 0.3) is 0 Å². The van der Waals surface area contributed by atoms with Crippen LogP contribution in [-0.4, -0.2) is 26.0 Å². The molecule has 0 unspecified atom stereocenters. The molecule has 0 saturated heterocycles. The predicted octanol–water partition coefficient (Wildman–Crippen LogP) is 0.125. The summed E-state index contributed by atoms with van der Waals surface area (Å²) in [5.41, 5.74) is 0. The van der Waals surface area contributed by atoms with Crippen molar-refractivity contribution in [3.63, 3.8) is 0 Å². The van der Waals surface area contributed by atoms with Crippen LogP contribution in [0.5, 0.6) is 0 Å². The van der Waals surface area contributed by atoms with Crippen LogP contribution in [0, 0.1) is 12.3 Å². The van der Waals surface area contributed by atoms with Crippen molar-refractivity contribution in [3.8, 4) is 12.3 Å². The normalized spacial score (nSPS) is 9.00. The van der Waals surface area contributed by atoms with E-state index < -0.39 is 0 Å². The van der Waals surface area contributed by atoms with Gasteiger partial charge in [-0.2, -0.15) is 0 Å². The molecule has 3 nitrogen and oxygen atoms in total. The smallest absolute Gasteiger partial charge is 0.233 e. The van der Waals surface area contributed by atoms with Crippen molar-refractivity contribution in [1.29, 1.82) is 0 Å². The van der Waals surface area contributed by atoms with Gasteiger partial charge in [0.15, 0.2) is 0 Å².